The second kappa shape index (κ2) is 8.34. The zero-order valence-electron chi connectivity index (χ0n) is 17.9. The number of rotatable bonds is 3. The summed E-state index contributed by atoms with van der Waals surface area (Å²) in [6.45, 7) is 3.57. The number of aromatic nitrogens is 4. The topological polar surface area (TPSA) is 65.1 Å². The number of aryl methyl sites for hydroxylation is 1. The Morgan fingerprint density at radius 3 is 2.52 bits per heavy atom. The van der Waals surface area contributed by atoms with Gasteiger partial charge < -0.3 is 9.47 Å². The highest BCUT2D eigenvalue weighted by atomic mass is 79.9. The van der Waals surface area contributed by atoms with E-state index < -0.39 is 5.69 Å². The Morgan fingerprint density at radius 2 is 1.82 bits per heavy atom. The van der Waals surface area contributed by atoms with Crippen LogP contribution in [0.2, 0.25) is 10.0 Å². The van der Waals surface area contributed by atoms with Gasteiger partial charge in [0.25, 0.3) is 5.56 Å². The first kappa shape index (κ1) is 22.3. The minimum Gasteiger partial charge on any atom is -0.312 e. The van der Waals surface area contributed by atoms with Crippen molar-refractivity contribution in [1.29, 1.82) is 0 Å². The molecule has 0 radical (unpaired) electrons. The average Bonchev–Trinajstić information content (AvgIpc) is 3.16. The van der Waals surface area contributed by atoms with Gasteiger partial charge in [0.1, 0.15) is 0 Å². The van der Waals surface area contributed by atoms with Gasteiger partial charge >= 0.3 is 5.69 Å². The van der Waals surface area contributed by atoms with Gasteiger partial charge in [0.2, 0.25) is 5.95 Å². The summed E-state index contributed by atoms with van der Waals surface area (Å²) >= 11 is 15.8. The Balaban J connectivity index is 1.71. The lowest BCUT2D eigenvalue weighted by Crippen LogP contribution is -2.40. The number of imidazole rings is 1. The molecule has 2 aromatic heterocycles. The van der Waals surface area contributed by atoms with Crippen molar-refractivity contribution in [2.45, 2.75) is 20.0 Å². The van der Waals surface area contributed by atoms with E-state index in [1.54, 1.807) is 25.2 Å². The molecule has 10 heteroatoms. The number of halogens is 3. The number of anilines is 2. The van der Waals surface area contributed by atoms with Crippen molar-refractivity contribution in [3.05, 3.63) is 83.4 Å². The van der Waals surface area contributed by atoms with Crippen LogP contribution >= 0.6 is 39.1 Å². The van der Waals surface area contributed by atoms with Crippen LogP contribution in [0.5, 0.6) is 0 Å². The predicted octanol–water partition coefficient (Wildman–Crippen LogP) is 4.80. The van der Waals surface area contributed by atoms with E-state index in [0.29, 0.717) is 39.3 Å². The summed E-state index contributed by atoms with van der Waals surface area (Å²) in [6, 6.07) is 13.0. The first-order valence-electron chi connectivity index (χ1n) is 10.4. The van der Waals surface area contributed by atoms with E-state index >= 15 is 0 Å². The third-order valence-corrected chi connectivity index (χ3v) is 7.04. The van der Waals surface area contributed by atoms with Crippen LogP contribution < -0.4 is 16.1 Å². The van der Waals surface area contributed by atoms with Crippen LogP contribution in [0, 0.1) is 5.92 Å². The first-order valence-corrected chi connectivity index (χ1v) is 12.0. The molecule has 7 nitrogen and oxygen atoms in total. The summed E-state index contributed by atoms with van der Waals surface area (Å²) < 4.78 is 5.54. The molecule has 1 aliphatic heterocycles. The third kappa shape index (κ3) is 3.80. The Kier molecular flexibility index (Phi) is 5.63. The highest BCUT2D eigenvalue weighted by molar-refractivity contribution is 9.10. The monoisotopic (exact) mass is 547 g/mol. The fraction of sp³-hybridized carbons (Fsp3) is 0.261. The molecule has 0 saturated carbocycles. The third-order valence-electron chi connectivity index (χ3n) is 5.92. The van der Waals surface area contributed by atoms with Crippen LogP contribution in [0.25, 0.3) is 11.2 Å². The molecule has 0 bridgehead atoms. The quantitative estimate of drug-likeness (QED) is 0.369. The summed E-state index contributed by atoms with van der Waals surface area (Å²) in [5.74, 6) is 0.925. The molecule has 0 saturated heterocycles. The second-order valence-corrected chi connectivity index (χ2v) is 10.1. The molecule has 0 aliphatic carbocycles. The molecular weight excluding hydrogens is 529 g/mol. The van der Waals surface area contributed by atoms with E-state index in [-0.39, 0.29) is 18.0 Å². The van der Waals surface area contributed by atoms with Gasteiger partial charge in [0.05, 0.1) is 6.54 Å². The molecule has 4 aromatic rings. The normalized spacial score (nSPS) is 15.8. The maximum absolute atomic E-state index is 13.6. The van der Waals surface area contributed by atoms with Crippen LogP contribution in [0.15, 0.2) is 56.5 Å². The molecule has 2 aromatic carbocycles. The van der Waals surface area contributed by atoms with Gasteiger partial charge in [-0.25, -0.2) is 4.79 Å². The number of hydrogen-bond acceptors (Lipinski definition) is 4. The van der Waals surface area contributed by atoms with Crippen LogP contribution in [0.4, 0.5) is 11.6 Å². The first-order chi connectivity index (χ1) is 15.7. The van der Waals surface area contributed by atoms with Crippen molar-refractivity contribution >= 4 is 61.9 Å². The summed E-state index contributed by atoms with van der Waals surface area (Å²) in [5, 5.41) is 0.897. The molecule has 170 valence electrons. The second-order valence-electron chi connectivity index (χ2n) is 8.36. The highest BCUT2D eigenvalue weighted by Crippen LogP contribution is 2.33. The van der Waals surface area contributed by atoms with Gasteiger partial charge in [-0.3, -0.25) is 13.9 Å². The van der Waals surface area contributed by atoms with Crippen molar-refractivity contribution in [1.82, 2.24) is 18.7 Å². The maximum atomic E-state index is 13.6. The Hall–Kier alpha value is -2.55. The summed E-state index contributed by atoms with van der Waals surface area (Å²) in [5.41, 5.74) is 1.56. The molecule has 0 amide bonds. The number of benzene rings is 2. The molecule has 0 unspecified atom stereocenters. The van der Waals surface area contributed by atoms with Gasteiger partial charge in [-0.1, -0.05) is 52.1 Å². The minimum atomic E-state index is -0.447. The molecule has 0 spiro atoms. The number of nitrogens with zero attached hydrogens (tertiary/aromatic N) is 5. The lowest BCUT2D eigenvalue weighted by molar-refractivity contribution is 0.458. The molecule has 3 heterocycles. The van der Waals surface area contributed by atoms with Crippen molar-refractivity contribution < 1.29 is 0 Å². The predicted molar refractivity (Wildman–Crippen MR) is 135 cm³/mol. The fourth-order valence-electron chi connectivity index (χ4n) is 4.30. The molecule has 1 atom stereocenters. The summed E-state index contributed by atoms with van der Waals surface area (Å²) in [6.07, 6.45) is 0. The zero-order valence-corrected chi connectivity index (χ0v) is 21.0. The Bertz CT molecular complexity index is 1510. The minimum absolute atomic E-state index is 0.0456. The SMILES string of the molecule is C[C@H]1CN(c2ccc(Br)cc2)c2nc3c(c(=O)n(Cc4ccc(Cl)cc4Cl)c(=O)n3C)n2C1. The largest absolute Gasteiger partial charge is 0.332 e. The van der Waals surface area contributed by atoms with Crippen LogP contribution in [0.1, 0.15) is 12.5 Å². The lowest BCUT2D eigenvalue weighted by atomic mass is 10.1. The lowest BCUT2D eigenvalue weighted by Gasteiger charge is -2.33. The van der Waals surface area contributed by atoms with Gasteiger partial charge in [-0.15, -0.1) is 0 Å². The maximum Gasteiger partial charge on any atom is 0.332 e. The standard InChI is InChI=1S/C23H20BrCl2N5O2/c1-13-10-29(17-7-4-15(24)5-8-17)22-27-20-19(30(22)11-13)21(32)31(23(33)28(20)2)12-14-3-6-16(25)9-18(14)26/h3-9,13H,10-12H2,1-2H3/t13-/m0/s1. The molecule has 5 rings (SSSR count). The average molecular weight is 549 g/mol. The highest BCUT2D eigenvalue weighted by Gasteiger charge is 2.30. The van der Waals surface area contributed by atoms with Crippen LogP contribution in [0.3, 0.4) is 0 Å². The van der Waals surface area contributed by atoms with Crippen molar-refractivity contribution in [2.75, 3.05) is 11.4 Å². The molecule has 0 N–H and O–H groups in total. The van der Waals surface area contributed by atoms with E-state index in [1.807, 2.05) is 28.8 Å². The van der Waals surface area contributed by atoms with Crippen LogP contribution in [-0.2, 0) is 20.1 Å². The molecule has 1 aliphatic rings. The van der Waals surface area contributed by atoms with E-state index in [2.05, 4.69) is 27.8 Å². The van der Waals surface area contributed by atoms with E-state index in [1.165, 1.54) is 9.13 Å². The van der Waals surface area contributed by atoms with E-state index in [0.717, 1.165) is 16.7 Å². The van der Waals surface area contributed by atoms with Gasteiger partial charge in [-0.2, -0.15) is 4.98 Å². The van der Waals surface area contributed by atoms with Crippen molar-refractivity contribution in [2.24, 2.45) is 13.0 Å². The zero-order chi connectivity index (χ0) is 23.4. The fourth-order valence-corrected chi connectivity index (χ4v) is 5.04. The molecular formula is C23H20BrCl2N5O2. The van der Waals surface area contributed by atoms with E-state index in [4.69, 9.17) is 28.2 Å². The Labute approximate surface area is 207 Å². The van der Waals surface area contributed by atoms with Gasteiger partial charge in [-0.05, 0) is 47.9 Å². The summed E-state index contributed by atoms with van der Waals surface area (Å²) in [7, 11) is 1.64. The number of fused-ring (bicyclic) bond motifs is 3. The van der Waals surface area contributed by atoms with Crippen LogP contribution in [-0.4, -0.2) is 25.2 Å². The van der Waals surface area contributed by atoms with E-state index in [9.17, 15) is 9.59 Å². The van der Waals surface area contributed by atoms with Crippen molar-refractivity contribution in [3.8, 4) is 0 Å². The molecule has 33 heavy (non-hydrogen) atoms. The van der Waals surface area contributed by atoms with Gasteiger partial charge in [0.15, 0.2) is 11.2 Å². The molecule has 0 fully saturated rings. The smallest absolute Gasteiger partial charge is 0.312 e. The van der Waals surface area contributed by atoms with Crippen molar-refractivity contribution in [3.63, 3.8) is 0 Å². The summed E-state index contributed by atoms with van der Waals surface area (Å²) in [4.78, 5) is 33.6. The Morgan fingerprint density at radius 1 is 1.09 bits per heavy atom. The number of hydrogen-bond donors (Lipinski definition) is 0. The van der Waals surface area contributed by atoms with Gasteiger partial charge in [0, 0.05) is 40.3 Å².